The molecule has 2 aliphatic rings. The van der Waals surface area contributed by atoms with Gasteiger partial charge in [0.05, 0.1) is 30.8 Å². The van der Waals surface area contributed by atoms with Crippen LogP contribution < -0.4 is 20.3 Å². The minimum atomic E-state index is -0.664. The number of piperidine rings is 1. The van der Waals surface area contributed by atoms with Crippen LogP contribution in [-0.4, -0.2) is 65.2 Å². The van der Waals surface area contributed by atoms with Crippen LogP contribution in [0.5, 0.6) is 5.75 Å². The van der Waals surface area contributed by atoms with Gasteiger partial charge in [-0.1, -0.05) is 0 Å². The Morgan fingerprint density at radius 1 is 1.03 bits per heavy atom. The van der Waals surface area contributed by atoms with Crippen LogP contribution in [0.3, 0.4) is 0 Å². The van der Waals surface area contributed by atoms with Gasteiger partial charge in [-0.05, 0) is 74.5 Å². The van der Waals surface area contributed by atoms with Gasteiger partial charge in [0.15, 0.2) is 11.5 Å². The molecule has 38 heavy (non-hydrogen) atoms. The van der Waals surface area contributed by atoms with Crippen molar-refractivity contribution in [3.8, 4) is 17.1 Å². The quantitative estimate of drug-likeness (QED) is 0.409. The molecule has 4 aromatic rings. The van der Waals surface area contributed by atoms with E-state index in [0.717, 1.165) is 61.4 Å². The molecule has 4 heterocycles. The van der Waals surface area contributed by atoms with Gasteiger partial charge in [0, 0.05) is 24.3 Å². The number of hydrogen-bond acceptors (Lipinski definition) is 8. The molecule has 0 bridgehead atoms. The summed E-state index contributed by atoms with van der Waals surface area (Å²) in [7, 11) is 0. The zero-order valence-electron chi connectivity index (χ0n) is 20.8. The first kappa shape index (κ1) is 24.3. The molecule has 2 aromatic carbocycles. The summed E-state index contributed by atoms with van der Waals surface area (Å²) in [5.74, 6) is 1.31. The number of rotatable bonds is 5. The second-order valence-corrected chi connectivity index (χ2v) is 9.32. The predicted molar refractivity (Wildman–Crippen MR) is 141 cm³/mol. The number of carbonyl (C=O) groups is 1. The Morgan fingerprint density at radius 2 is 1.76 bits per heavy atom. The summed E-state index contributed by atoms with van der Waals surface area (Å²) in [5, 5.41) is 11.8. The van der Waals surface area contributed by atoms with Crippen molar-refractivity contribution in [3.63, 3.8) is 0 Å². The van der Waals surface area contributed by atoms with E-state index in [1.54, 1.807) is 12.1 Å². The summed E-state index contributed by atoms with van der Waals surface area (Å²) in [4.78, 5) is 24.4. The second-order valence-electron chi connectivity index (χ2n) is 9.32. The Balaban J connectivity index is 1.28. The van der Waals surface area contributed by atoms with Gasteiger partial charge in [0.25, 0.3) is 0 Å². The molecule has 2 N–H and O–H groups in total. The monoisotopic (exact) mass is 517 g/mol. The van der Waals surface area contributed by atoms with Crippen molar-refractivity contribution in [2.24, 2.45) is 0 Å². The fourth-order valence-electron chi connectivity index (χ4n) is 4.83. The minimum Gasteiger partial charge on any atom is -0.410 e. The number of nitrogens with zero attached hydrogens (tertiary/aromatic N) is 5. The molecule has 2 aromatic heterocycles. The number of carbonyl (C=O) groups excluding carboxylic acids is 1. The van der Waals surface area contributed by atoms with Crippen molar-refractivity contribution in [1.29, 1.82) is 0 Å². The number of nitrogens with one attached hydrogen (secondary N) is 2. The maximum atomic E-state index is 13.1. The number of aromatic nitrogens is 4. The number of ether oxygens (including phenoxy) is 2. The fourth-order valence-corrected chi connectivity index (χ4v) is 4.83. The van der Waals surface area contributed by atoms with E-state index in [1.165, 1.54) is 24.3 Å². The predicted octanol–water partition coefficient (Wildman–Crippen LogP) is 4.00. The Kier molecular flexibility index (Phi) is 6.84. The summed E-state index contributed by atoms with van der Waals surface area (Å²) >= 11 is 0. The Bertz CT molecular complexity index is 1410. The van der Waals surface area contributed by atoms with Crippen LogP contribution >= 0.6 is 0 Å². The van der Waals surface area contributed by atoms with E-state index in [1.807, 2.05) is 23.0 Å². The standard InChI is InChI=1S/C27H28FN7O3/c28-19-3-7-22(8-4-19)38-27(36)31-20-5-1-18(2-6-20)24-32-25(34-13-15-37-16-14-34)23-17-30-35(26(23)33-24)21-9-11-29-12-10-21/h1-8,17,21,29H,9-16H2,(H,31,36). The van der Waals surface area contributed by atoms with Gasteiger partial charge < -0.3 is 19.7 Å². The molecule has 2 fully saturated rings. The van der Waals surface area contributed by atoms with Crippen LogP contribution in [0.25, 0.3) is 22.4 Å². The molecule has 11 heteroatoms. The molecule has 6 rings (SSSR count). The minimum absolute atomic E-state index is 0.253. The summed E-state index contributed by atoms with van der Waals surface area (Å²) < 4.78 is 25.9. The van der Waals surface area contributed by atoms with Crippen molar-refractivity contribution in [1.82, 2.24) is 25.1 Å². The maximum absolute atomic E-state index is 13.1. The first-order chi connectivity index (χ1) is 18.6. The third kappa shape index (κ3) is 5.15. The van der Waals surface area contributed by atoms with Crippen molar-refractivity contribution < 1.29 is 18.7 Å². The third-order valence-electron chi connectivity index (χ3n) is 6.81. The lowest BCUT2D eigenvalue weighted by Crippen LogP contribution is -2.37. The number of halogens is 1. The molecular weight excluding hydrogens is 489 g/mol. The molecule has 2 aliphatic heterocycles. The van der Waals surface area contributed by atoms with Crippen molar-refractivity contribution in [2.45, 2.75) is 18.9 Å². The smallest absolute Gasteiger partial charge is 0.410 e. The first-order valence-electron chi connectivity index (χ1n) is 12.8. The first-order valence-corrected chi connectivity index (χ1v) is 12.8. The van der Waals surface area contributed by atoms with Crippen molar-refractivity contribution in [3.05, 3.63) is 60.5 Å². The van der Waals surface area contributed by atoms with E-state index >= 15 is 0 Å². The zero-order valence-corrected chi connectivity index (χ0v) is 20.8. The fraction of sp³-hybridized carbons (Fsp3) is 0.333. The van der Waals surface area contributed by atoms with Gasteiger partial charge in [-0.3, -0.25) is 5.32 Å². The molecular formula is C27H28FN7O3. The van der Waals surface area contributed by atoms with Crippen LogP contribution in [0.15, 0.2) is 54.7 Å². The SMILES string of the molecule is O=C(Nc1ccc(-c2nc(N3CCOCC3)c3cnn(C4CCNCC4)c3n2)cc1)Oc1ccc(F)cc1. The number of benzene rings is 2. The highest BCUT2D eigenvalue weighted by Crippen LogP contribution is 2.31. The van der Waals surface area contributed by atoms with Gasteiger partial charge >= 0.3 is 6.09 Å². The van der Waals surface area contributed by atoms with Crippen molar-refractivity contribution >= 4 is 28.6 Å². The highest BCUT2D eigenvalue weighted by atomic mass is 19.1. The zero-order chi connectivity index (χ0) is 25.9. The largest absolute Gasteiger partial charge is 0.417 e. The Labute approximate surface area is 218 Å². The molecule has 10 nitrogen and oxygen atoms in total. The van der Waals surface area contributed by atoms with Gasteiger partial charge in [-0.15, -0.1) is 0 Å². The van der Waals surface area contributed by atoms with Crippen molar-refractivity contribution in [2.75, 3.05) is 49.6 Å². The van der Waals surface area contributed by atoms with Gasteiger partial charge in [0.1, 0.15) is 17.4 Å². The van der Waals surface area contributed by atoms with E-state index in [-0.39, 0.29) is 11.8 Å². The van der Waals surface area contributed by atoms with E-state index < -0.39 is 11.9 Å². The van der Waals surface area contributed by atoms with Crippen LogP contribution in [0.1, 0.15) is 18.9 Å². The Morgan fingerprint density at radius 3 is 2.50 bits per heavy atom. The van der Waals surface area contributed by atoms with E-state index in [0.29, 0.717) is 24.7 Å². The molecule has 2 saturated heterocycles. The third-order valence-corrected chi connectivity index (χ3v) is 6.81. The molecule has 196 valence electrons. The molecule has 0 spiro atoms. The lowest BCUT2D eigenvalue weighted by Gasteiger charge is -2.28. The molecule has 1 amide bonds. The van der Waals surface area contributed by atoms with Gasteiger partial charge in [-0.2, -0.15) is 5.10 Å². The number of morpholine rings is 1. The summed E-state index contributed by atoms with van der Waals surface area (Å²) in [6, 6.07) is 12.8. The van der Waals surface area contributed by atoms with Crippen LogP contribution in [0, 0.1) is 5.82 Å². The topological polar surface area (TPSA) is 106 Å². The normalized spacial score (nSPS) is 16.5. The highest BCUT2D eigenvalue weighted by Gasteiger charge is 2.24. The maximum Gasteiger partial charge on any atom is 0.417 e. The average molecular weight is 518 g/mol. The van der Waals surface area contributed by atoms with Crippen LogP contribution in [-0.2, 0) is 4.74 Å². The molecule has 0 unspecified atom stereocenters. The lowest BCUT2D eigenvalue weighted by atomic mass is 10.1. The van der Waals surface area contributed by atoms with E-state index in [4.69, 9.17) is 24.5 Å². The summed E-state index contributed by atoms with van der Waals surface area (Å²) in [6.45, 7) is 4.72. The second kappa shape index (κ2) is 10.7. The van der Waals surface area contributed by atoms with Gasteiger partial charge in [-0.25, -0.2) is 23.8 Å². The number of anilines is 2. The van der Waals surface area contributed by atoms with E-state index in [9.17, 15) is 9.18 Å². The highest BCUT2D eigenvalue weighted by molar-refractivity contribution is 5.89. The number of hydrogen-bond donors (Lipinski definition) is 2. The molecule has 0 radical (unpaired) electrons. The summed E-state index contributed by atoms with van der Waals surface area (Å²) in [6.07, 6.45) is 3.21. The van der Waals surface area contributed by atoms with E-state index in [2.05, 4.69) is 15.5 Å². The number of amides is 1. The molecule has 0 saturated carbocycles. The Hall–Kier alpha value is -4.09. The van der Waals surface area contributed by atoms with Crippen LogP contribution in [0.4, 0.5) is 20.7 Å². The molecule has 0 atom stereocenters. The lowest BCUT2D eigenvalue weighted by molar-refractivity contribution is 0.122. The van der Waals surface area contributed by atoms with Gasteiger partial charge in [0.2, 0.25) is 0 Å². The van der Waals surface area contributed by atoms with Crippen LogP contribution in [0.2, 0.25) is 0 Å². The molecule has 0 aliphatic carbocycles. The average Bonchev–Trinajstić information content (AvgIpc) is 3.39. The number of fused-ring (bicyclic) bond motifs is 1. The summed E-state index contributed by atoms with van der Waals surface area (Å²) in [5.41, 5.74) is 2.19.